The van der Waals surface area contributed by atoms with Gasteiger partial charge in [0.2, 0.25) is 0 Å². The lowest BCUT2D eigenvalue weighted by molar-refractivity contribution is -0.140. The Bertz CT molecular complexity index is 970. The Morgan fingerprint density at radius 3 is 2.55 bits per heavy atom. The molecule has 0 aliphatic carbocycles. The van der Waals surface area contributed by atoms with E-state index in [0.29, 0.717) is 17.9 Å². The minimum atomic E-state index is -0.810. The van der Waals surface area contributed by atoms with Crippen molar-refractivity contribution >= 4 is 17.4 Å². The van der Waals surface area contributed by atoms with Gasteiger partial charge in [-0.05, 0) is 48.4 Å². The first-order valence-corrected chi connectivity index (χ1v) is 10.2. The van der Waals surface area contributed by atoms with Crippen molar-refractivity contribution in [3.05, 3.63) is 71.0 Å². The van der Waals surface area contributed by atoms with Gasteiger partial charge in [0.05, 0.1) is 24.8 Å². The fraction of sp³-hybridized carbons (Fsp3) is 0.333. The maximum atomic E-state index is 13.3. The minimum Gasteiger partial charge on any atom is -0.507 e. The summed E-state index contributed by atoms with van der Waals surface area (Å²) in [5, 5.41) is 10.9. The van der Waals surface area contributed by atoms with E-state index in [0.717, 1.165) is 12.8 Å². The topological polar surface area (TPSA) is 76.1 Å². The van der Waals surface area contributed by atoms with Crippen LogP contribution in [0.1, 0.15) is 36.9 Å². The summed E-state index contributed by atoms with van der Waals surface area (Å²) in [6.45, 7) is 3.03. The maximum absolute atomic E-state index is 13.3. The number of halogens is 1. The maximum Gasteiger partial charge on any atom is 0.295 e. The Hall–Kier alpha value is -3.19. The second-order valence-corrected chi connectivity index (χ2v) is 7.27. The quantitative estimate of drug-likeness (QED) is 0.283. The molecule has 0 spiro atoms. The standard InChI is InChI=1S/C24H26FNO5/c1-3-4-13-31-19-7-5-6-17(15-19)21-20(22(27)16-8-10-18(25)11-9-16)23(28)24(29)26(21)12-14-30-2/h5-11,15,21,27H,3-4,12-14H2,1-2H3/b22-20+. The highest BCUT2D eigenvalue weighted by Gasteiger charge is 2.46. The van der Waals surface area contributed by atoms with Crippen molar-refractivity contribution in [2.24, 2.45) is 0 Å². The monoisotopic (exact) mass is 427 g/mol. The number of methoxy groups -OCH3 is 1. The molecule has 2 aromatic rings. The second kappa shape index (κ2) is 10.2. The third kappa shape index (κ3) is 4.94. The highest BCUT2D eigenvalue weighted by molar-refractivity contribution is 6.46. The van der Waals surface area contributed by atoms with Crippen LogP contribution >= 0.6 is 0 Å². The Labute approximate surface area is 180 Å². The molecule has 31 heavy (non-hydrogen) atoms. The molecule has 0 radical (unpaired) electrons. The molecule has 0 saturated carbocycles. The highest BCUT2D eigenvalue weighted by Crippen LogP contribution is 2.40. The molecule has 2 aromatic carbocycles. The molecule has 1 amide bonds. The van der Waals surface area contributed by atoms with Gasteiger partial charge in [0.1, 0.15) is 17.3 Å². The number of likely N-dealkylation sites (tertiary alicyclic amines) is 1. The van der Waals surface area contributed by atoms with Crippen molar-refractivity contribution in [3.8, 4) is 5.75 Å². The van der Waals surface area contributed by atoms with Crippen LogP contribution in [0.2, 0.25) is 0 Å². The van der Waals surface area contributed by atoms with Gasteiger partial charge in [-0.15, -0.1) is 0 Å². The Balaban J connectivity index is 2.07. The number of benzene rings is 2. The van der Waals surface area contributed by atoms with Crippen LogP contribution in [-0.4, -0.2) is 48.6 Å². The summed E-state index contributed by atoms with van der Waals surface area (Å²) in [6, 6.07) is 11.4. The van der Waals surface area contributed by atoms with E-state index in [9.17, 15) is 19.1 Å². The predicted octanol–water partition coefficient (Wildman–Crippen LogP) is 4.07. The van der Waals surface area contributed by atoms with E-state index in [1.54, 1.807) is 24.3 Å². The first-order chi connectivity index (χ1) is 15.0. The van der Waals surface area contributed by atoms with E-state index in [2.05, 4.69) is 6.92 Å². The smallest absolute Gasteiger partial charge is 0.295 e. The van der Waals surface area contributed by atoms with Gasteiger partial charge in [0.25, 0.3) is 11.7 Å². The van der Waals surface area contributed by atoms with E-state index < -0.39 is 23.5 Å². The van der Waals surface area contributed by atoms with Crippen LogP contribution in [-0.2, 0) is 14.3 Å². The summed E-state index contributed by atoms with van der Waals surface area (Å²) in [5.74, 6) is -1.71. The summed E-state index contributed by atoms with van der Waals surface area (Å²) < 4.78 is 24.2. The zero-order chi connectivity index (χ0) is 22.4. The van der Waals surface area contributed by atoms with Crippen LogP contribution in [0, 0.1) is 5.82 Å². The molecule has 3 rings (SSSR count). The second-order valence-electron chi connectivity index (χ2n) is 7.27. The molecule has 0 bridgehead atoms. The van der Waals surface area contributed by atoms with Gasteiger partial charge in [-0.2, -0.15) is 0 Å². The van der Waals surface area contributed by atoms with Crippen molar-refractivity contribution in [1.29, 1.82) is 0 Å². The number of ether oxygens (including phenoxy) is 2. The normalized spacial score (nSPS) is 17.9. The number of rotatable bonds is 9. The van der Waals surface area contributed by atoms with E-state index in [4.69, 9.17) is 9.47 Å². The van der Waals surface area contributed by atoms with Gasteiger partial charge in [0, 0.05) is 19.2 Å². The molecule has 1 saturated heterocycles. The van der Waals surface area contributed by atoms with Gasteiger partial charge in [-0.3, -0.25) is 9.59 Å². The van der Waals surface area contributed by atoms with Crippen molar-refractivity contribution in [2.75, 3.05) is 26.9 Å². The predicted molar refractivity (Wildman–Crippen MR) is 114 cm³/mol. The fourth-order valence-electron chi connectivity index (χ4n) is 3.52. The molecule has 164 valence electrons. The SMILES string of the molecule is CCCCOc1cccc(C2/C(=C(\O)c3ccc(F)cc3)C(=O)C(=O)N2CCOC)c1. The number of aliphatic hydroxyl groups excluding tert-OH is 1. The zero-order valence-corrected chi connectivity index (χ0v) is 17.6. The molecule has 1 unspecified atom stereocenters. The zero-order valence-electron chi connectivity index (χ0n) is 17.6. The van der Waals surface area contributed by atoms with Gasteiger partial charge in [0.15, 0.2) is 0 Å². The number of ketones is 1. The minimum absolute atomic E-state index is 0.0431. The average molecular weight is 427 g/mol. The Kier molecular flexibility index (Phi) is 7.41. The molecule has 1 fully saturated rings. The van der Waals surface area contributed by atoms with Crippen molar-refractivity contribution in [3.63, 3.8) is 0 Å². The summed E-state index contributed by atoms with van der Waals surface area (Å²) >= 11 is 0. The molecule has 7 heteroatoms. The van der Waals surface area contributed by atoms with E-state index >= 15 is 0 Å². The number of hydrogen-bond acceptors (Lipinski definition) is 5. The first-order valence-electron chi connectivity index (χ1n) is 10.2. The van der Waals surface area contributed by atoms with Crippen LogP contribution in [0.4, 0.5) is 4.39 Å². The summed E-state index contributed by atoms with van der Waals surface area (Å²) in [5.41, 5.74) is 0.845. The van der Waals surface area contributed by atoms with Gasteiger partial charge in [-0.1, -0.05) is 25.5 Å². The summed E-state index contributed by atoms with van der Waals surface area (Å²) in [4.78, 5) is 27.0. The molecule has 0 aromatic heterocycles. The highest BCUT2D eigenvalue weighted by atomic mass is 19.1. The molecule has 1 heterocycles. The molecular weight excluding hydrogens is 401 g/mol. The summed E-state index contributed by atoms with van der Waals surface area (Å²) in [6.07, 6.45) is 1.90. The van der Waals surface area contributed by atoms with Crippen LogP contribution in [0.25, 0.3) is 5.76 Å². The van der Waals surface area contributed by atoms with Crippen LogP contribution in [0.3, 0.4) is 0 Å². The van der Waals surface area contributed by atoms with Gasteiger partial charge >= 0.3 is 0 Å². The number of aliphatic hydroxyl groups is 1. The molecule has 1 N–H and O–H groups in total. The van der Waals surface area contributed by atoms with Crippen molar-refractivity contribution in [2.45, 2.75) is 25.8 Å². The number of Topliss-reactive ketones (excluding diaryl/α,β-unsaturated/α-hetero) is 1. The molecule has 6 nitrogen and oxygen atoms in total. The number of carbonyl (C=O) groups is 2. The fourth-order valence-corrected chi connectivity index (χ4v) is 3.52. The lowest BCUT2D eigenvalue weighted by atomic mass is 9.95. The van der Waals surface area contributed by atoms with E-state index in [-0.39, 0.29) is 30.0 Å². The van der Waals surface area contributed by atoms with Gasteiger partial charge < -0.3 is 19.5 Å². The molecule has 1 aliphatic heterocycles. The van der Waals surface area contributed by atoms with Crippen LogP contribution < -0.4 is 4.74 Å². The van der Waals surface area contributed by atoms with Crippen molar-refractivity contribution < 1.29 is 28.6 Å². The van der Waals surface area contributed by atoms with E-state index in [1.807, 2.05) is 0 Å². The van der Waals surface area contributed by atoms with Gasteiger partial charge in [-0.25, -0.2) is 4.39 Å². The van der Waals surface area contributed by atoms with Crippen LogP contribution in [0.5, 0.6) is 5.75 Å². The Morgan fingerprint density at radius 1 is 1.13 bits per heavy atom. The average Bonchev–Trinajstić information content (AvgIpc) is 3.03. The number of nitrogens with zero attached hydrogens (tertiary/aromatic N) is 1. The van der Waals surface area contributed by atoms with Crippen LogP contribution in [0.15, 0.2) is 54.1 Å². The Morgan fingerprint density at radius 2 is 1.87 bits per heavy atom. The van der Waals surface area contributed by atoms with Crippen molar-refractivity contribution in [1.82, 2.24) is 4.90 Å². The number of hydrogen-bond donors (Lipinski definition) is 1. The largest absolute Gasteiger partial charge is 0.507 e. The molecular formula is C24H26FNO5. The third-order valence-electron chi connectivity index (χ3n) is 5.13. The molecule has 1 atom stereocenters. The summed E-state index contributed by atoms with van der Waals surface area (Å²) in [7, 11) is 1.51. The number of carbonyl (C=O) groups excluding carboxylic acids is 2. The third-order valence-corrected chi connectivity index (χ3v) is 5.13. The lowest BCUT2D eigenvalue weighted by Crippen LogP contribution is -2.32. The number of amides is 1. The number of unbranched alkanes of at least 4 members (excludes halogenated alkanes) is 1. The van der Waals surface area contributed by atoms with E-state index in [1.165, 1.54) is 36.3 Å². The lowest BCUT2D eigenvalue weighted by Gasteiger charge is -2.25. The molecule has 1 aliphatic rings. The first kappa shape index (κ1) is 22.5.